The van der Waals surface area contributed by atoms with Gasteiger partial charge < -0.3 is 15.7 Å². The molecule has 0 radical (unpaired) electrons. The van der Waals surface area contributed by atoms with Crippen LogP contribution in [0.4, 0.5) is 10.5 Å². The molecule has 3 N–H and O–H groups in total. The van der Waals surface area contributed by atoms with Crippen molar-refractivity contribution in [1.29, 1.82) is 0 Å². The Bertz CT molecular complexity index is 484. The van der Waals surface area contributed by atoms with E-state index in [4.69, 9.17) is 0 Å². The van der Waals surface area contributed by atoms with Gasteiger partial charge in [0.25, 0.3) is 0 Å². The van der Waals surface area contributed by atoms with Crippen LogP contribution in [0.5, 0.6) is 0 Å². The van der Waals surface area contributed by atoms with Gasteiger partial charge in [-0.05, 0) is 43.8 Å². The number of carbonyl (C=O) groups is 1. The fraction of sp³-hybridized carbons (Fsp3) is 0.562. The standard InChI is InChI=1S/C16H25N3O2S/c1-22-15-7-4-5-13(11-15)18-16(21)17-8-10-19-9-3-2-6-14(19)12-20/h4-5,7,11,14,20H,2-3,6,8-10,12H2,1H3,(H2,17,18,21)/t14-/m1/s1. The Morgan fingerprint density at radius 2 is 2.32 bits per heavy atom. The molecule has 0 spiro atoms. The molecular formula is C16H25N3O2S. The maximum Gasteiger partial charge on any atom is 0.319 e. The molecule has 0 aromatic heterocycles. The van der Waals surface area contributed by atoms with Crippen LogP contribution in [0.1, 0.15) is 19.3 Å². The van der Waals surface area contributed by atoms with Gasteiger partial charge in [-0.25, -0.2) is 4.79 Å². The van der Waals surface area contributed by atoms with Crippen LogP contribution in [0, 0.1) is 0 Å². The first-order valence-electron chi connectivity index (χ1n) is 7.76. The third-order valence-corrected chi connectivity index (χ3v) is 4.70. The summed E-state index contributed by atoms with van der Waals surface area (Å²) < 4.78 is 0. The minimum Gasteiger partial charge on any atom is -0.395 e. The quantitative estimate of drug-likeness (QED) is 0.703. The number of carbonyl (C=O) groups excluding carboxylic acids is 1. The second-order valence-electron chi connectivity index (χ2n) is 5.48. The van der Waals surface area contributed by atoms with Gasteiger partial charge in [0.2, 0.25) is 0 Å². The third-order valence-electron chi connectivity index (χ3n) is 3.97. The molecule has 1 aliphatic rings. The molecule has 6 heteroatoms. The number of nitrogens with one attached hydrogen (secondary N) is 2. The Kier molecular flexibility index (Phi) is 7.02. The van der Waals surface area contributed by atoms with Crippen LogP contribution < -0.4 is 10.6 Å². The lowest BCUT2D eigenvalue weighted by Crippen LogP contribution is -2.46. The fourth-order valence-electron chi connectivity index (χ4n) is 2.75. The van der Waals surface area contributed by atoms with E-state index >= 15 is 0 Å². The number of anilines is 1. The van der Waals surface area contributed by atoms with Crippen molar-refractivity contribution in [2.75, 3.05) is 37.8 Å². The van der Waals surface area contributed by atoms with Crippen molar-refractivity contribution in [2.45, 2.75) is 30.2 Å². The highest BCUT2D eigenvalue weighted by atomic mass is 32.2. The summed E-state index contributed by atoms with van der Waals surface area (Å²) in [6.07, 6.45) is 5.41. The van der Waals surface area contributed by atoms with Crippen LogP contribution in [0.25, 0.3) is 0 Å². The number of aliphatic hydroxyl groups excluding tert-OH is 1. The summed E-state index contributed by atoms with van der Waals surface area (Å²) in [4.78, 5) is 15.3. The van der Waals surface area contributed by atoms with Crippen LogP contribution >= 0.6 is 11.8 Å². The Balaban J connectivity index is 1.73. The molecular weight excluding hydrogens is 298 g/mol. The second-order valence-corrected chi connectivity index (χ2v) is 6.36. The molecule has 5 nitrogen and oxygen atoms in total. The van der Waals surface area contributed by atoms with Gasteiger partial charge in [-0.1, -0.05) is 12.5 Å². The average Bonchev–Trinajstić information content (AvgIpc) is 2.55. The van der Waals surface area contributed by atoms with Crippen molar-refractivity contribution in [3.8, 4) is 0 Å². The van der Waals surface area contributed by atoms with E-state index in [1.165, 1.54) is 12.8 Å². The molecule has 0 unspecified atom stereocenters. The summed E-state index contributed by atoms with van der Waals surface area (Å²) in [7, 11) is 0. The third kappa shape index (κ3) is 5.19. The number of hydrogen-bond donors (Lipinski definition) is 3. The van der Waals surface area contributed by atoms with Gasteiger partial charge in [0, 0.05) is 29.7 Å². The first kappa shape index (κ1) is 17.1. The molecule has 2 rings (SSSR count). The largest absolute Gasteiger partial charge is 0.395 e. The van der Waals surface area contributed by atoms with Crippen molar-refractivity contribution >= 4 is 23.5 Å². The van der Waals surface area contributed by atoms with E-state index in [-0.39, 0.29) is 18.7 Å². The highest BCUT2D eigenvalue weighted by molar-refractivity contribution is 7.98. The van der Waals surface area contributed by atoms with Gasteiger partial charge in [0.1, 0.15) is 0 Å². The van der Waals surface area contributed by atoms with Crippen LogP contribution in [0.2, 0.25) is 0 Å². The summed E-state index contributed by atoms with van der Waals surface area (Å²) in [5.41, 5.74) is 0.801. The van der Waals surface area contributed by atoms with Crippen LogP contribution in [-0.4, -0.2) is 54.6 Å². The summed E-state index contributed by atoms with van der Waals surface area (Å²) in [6, 6.07) is 7.84. The minimum absolute atomic E-state index is 0.184. The van der Waals surface area contributed by atoms with Gasteiger partial charge in [-0.2, -0.15) is 0 Å². The molecule has 122 valence electrons. The van der Waals surface area contributed by atoms with Crippen molar-refractivity contribution in [1.82, 2.24) is 10.2 Å². The highest BCUT2D eigenvalue weighted by Crippen LogP contribution is 2.19. The molecule has 0 bridgehead atoms. The smallest absolute Gasteiger partial charge is 0.319 e. The predicted octanol–water partition coefficient (Wildman–Crippen LogP) is 2.38. The molecule has 1 aliphatic heterocycles. The fourth-order valence-corrected chi connectivity index (χ4v) is 3.21. The molecule has 0 saturated carbocycles. The van der Waals surface area contributed by atoms with E-state index < -0.39 is 0 Å². The van der Waals surface area contributed by atoms with E-state index in [1.807, 2.05) is 30.5 Å². The van der Waals surface area contributed by atoms with E-state index in [0.717, 1.165) is 30.1 Å². The molecule has 0 aliphatic carbocycles. The monoisotopic (exact) mass is 323 g/mol. The Morgan fingerprint density at radius 1 is 1.45 bits per heavy atom. The van der Waals surface area contributed by atoms with E-state index in [1.54, 1.807) is 11.8 Å². The first-order valence-corrected chi connectivity index (χ1v) is 8.99. The normalized spacial score (nSPS) is 18.9. The topological polar surface area (TPSA) is 64.6 Å². The lowest BCUT2D eigenvalue weighted by Gasteiger charge is -2.34. The van der Waals surface area contributed by atoms with E-state index in [9.17, 15) is 9.90 Å². The van der Waals surface area contributed by atoms with E-state index in [2.05, 4.69) is 15.5 Å². The zero-order valence-corrected chi connectivity index (χ0v) is 13.9. The maximum atomic E-state index is 11.9. The summed E-state index contributed by atoms with van der Waals surface area (Å²) in [5.74, 6) is 0. The number of rotatable bonds is 6. The van der Waals surface area contributed by atoms with Gasteiger partial charge in [0.15, 0.2) is 0 Å². The Hall–Kier alpha value is -1.24. The molecule has 1 atom stereocenters. The van der Waals surface area contributed by atoms with Crippen molar-refractivity contribution in [3.05, 3.63) is 24.3 Å². The molecule has 1 heterocycles. The van der Waals surface area contributed by atoms with Crippen molar-refractivity contribution in [2.24, 2.45) is 0 Å². The first-order chi connectivity index (χ1) is 10.7. The lowest BCUT2D eigenvalue weighted by molar-refractivity contribution is 0.0917. The summed E-state index contributed by atoms with van der Waals surface area (Å²) >= 11 is 1.65. The van der Waals surface area contributed by atoms with Crippen LogP contribution in [-0.2, 0) is 0 Å². The van der Waals surface area contributed by atoms with Gasteiger partial charge >= 0.3 is 6.03 Å². The molecule has 1 aromatic rings. The molecule has 1 aromatic carbocycles. The van der Waals surface area contributed by atoms with Crippen LogP contribution in [0.3, 0.4) is 0 Å². The molecule has 1 fully saturated rings. The lowest BCUT2D eigenvalue weighted by atomic mass is 10.0. The molecule has 1 saturated heterocycles. The van der Waals surface area contributed by atoms with E-state index in [0.29, 0.717) is 6.54 Å². The number of aliphatic hydroxyl groups is 1. The number of nitrogens with zero attached hydrogens (tertiary/aromatic N) is 1. The highest BCUT2D eigenvalue weighted by Gasteiger charge is 2.20. The zero-order valence-electron chi connectivity index (χ0n) is 13.0. The molecule has 22 heavy (non-hydrogen) atoms. The van der Waals surface area contributed by atoms with Gasteiger partial charge in [-0.15, -0.1) is 11.8 Å². The molecule has 2 amide bonds. The number of piperidine rings is 1. The summed E-state index contributed by atoms with van der Waals surface area (Å²) in [6.45, 7) is 2.58. The van der Waals surface area contributed by atoms with Crippen molar-refractivity contribution < 1.29 is 9.90 Å². The second kappa shape index (κ2) is 9.02. The van der Waals surface area contributed by atoms with Gasteiger partial charge in [0.05, 0.1) is 6.61 Å². The zero-order chi connectivity index (χ0) is 15.8. The number of thioether (sulfide) groups is 1. The number of urea groups is 1. The predicted molar refractivity (Wildman–Crippen MR) is 91.5 cm³/mol. The van der Waals surface area contributed by atoms with Crippen molar-refractivity contribution in [3.63, 3.8) is 0 Å². The number of hydrogen-bond acceptors (Lipinski definition) is 4. The Labute approximate surface area is 136 Å². The Morgan fingerprint density at radius 3 is 3.09 bits per heavy atom. The summed E-state index contributed by atoms with van der Waals surface area (Å²) in [5, 5.41) is 15.1. The number of likely N-dealkylation sites (tertiary alicyclic amines) is 1. The maximum absolute atomic E-state index is 11.9. The number of amides is 2. The van der Waals surface area contributed by atoms with Crippen LogP contribution in [0.15, 0.2) is 29.2 Å². The SMILES string of the molecule is CSc1cccc(NC(=O)NCCN2CCCC[C@@H]2CO)c1. The number of benzene rings is 1. The minimum atomic E-state index is -0.184. The van der Waals surface area contributed by atoms with Gasteiger partial charge in [-0.3, -0.25) is 4.90 Å². The average molecular weight is 323 g/mol.